The minimum absolute atomic E-state index is 0.134. The Kier molecular flexibility index (Phi) is 2.53. The molecular formula is C12H8F3NO. The normalized spacial score (nSPS) is 11.7. The van der Waals surface area contributed by atoms with Gasteiger partial charge in [-0.3, -0.25) is 4.79 Å². The number of Topliss-reactive ketones (excluding diaryl/α,β-unsaturated/α-hetero) is 1. The molecule has 2 nitrogen and oxygen atoms in total. The maximum absolute atomic E-state index is 12.3. The fourth-order valence-corrected chi connectivity index (χ4v) is 1.65. The van der Waals surface area contributed by atoms with Crippen LogP contribution in [0.5, 0.6) is 0 Å². The van der Waals surface area contributed by atoms with Gasteiger partial charge in [-0.25, -0.2) is 0 Å². The molecular weight excluding hydrogens is 231 g/mol. The molecule has 17 heavy (non-hydrogen) atoms. The first-order chi connectivity index (χ1) is 7.91. The molecule has 0 aliphatic carbocycles. The third-order valence-corrected chi connectivity index (χ3v) is 2.47. The molecule has 2 rings (SSSR count). The van der Waals surface area contributed by atoms with Crippen molar-refractivity contribution in [3.05, 3.63) is 42.0 Å². The fourth-order valence-electron chi connectivity index (χ4n) is 1.65. The van der Waals surface area contributed by atoms with Gasteiger partial charge in [0.25, 0.3) is 5.78 Å². The van der Waals surface area contributed by atoms with Gasteiger partial charge in [0, 0.05) is 5.39 Å². The number of alkyl halides is 3. The molecule has 88 valence electrons. The maximum Gasteiger partial charge on any atom is 0.454 e. The van der Waals surface area contributed by atoms with Crippen LogP contribution >= 0.6 is 0 Å². The molecule has 0 aliphatic rings. The first-order valence-electron chi connectivity index (χ1n) is 4.80. The Labute approximate surface area is 94.8 Å². The Hall–Kier alpha value is -2.04. The minimum Gasteiger partial charge on any atom is -0.398 e. The monoisotopic (exact) mass is 239 g/mol. The van der Waals surface area contributed by atoms with Crippen LogP contribution in [0.2, 0.25) is 0 Å². The van der Waals surface area contributed by atoms with Crippen LogP contribution in [-0.4, -0.2) is 12.0 Å². The van der Waals surface area contributed by atoms with Gasteiger partial charge in [-0.2, -0.15) is 13.2 Å². The van der Waals surface area contributed by atoms with Crippen molar-refractivity contribution in [1.29, 1.82) is 0 Å². The molecule has 0 radical (unpaired) electrons. The highest BCUT2D eigenvalue weighted by Crippen LogP contribution is 2.29. The first kappa shape index (κ1) is 11.4. The molecule has 0 unspecified atom stereocenters. The Morgan fingerprint density at radius 2 is 1.71 bits per heavy atom. The predicted molar refractivity (Wildman–Crippen MR) is 58.7 cm³/mol. The maximum atomic E-state index is 12.3. The lowest BCUT2D eigenvalue weighted by atomic mass is 10.0. The largest absolute Gasteiger partial charge is 0.454 e. The van der Waals surface area contributed by atoms with Crippen molar-refractivity contribution < 1.29 is 18.0 Å². The summed E-state index contributed by atoms with van der Waals surface area (Å²) in [6, 6.07) is 9.25. The highest BCUT2D eigenvalue weighted by Gasteiger charge is 2.40. The van der Waals surface area contributed by atoms with Crippen molar-refractivity contribution in [3.63, 3.8) is 0 Å². The third kappa shape index (κ3) is 1.95. The number of ketones is 1. The Balaban J connectivity index is 2.65. The van der Waals surface area contributed by atoms with E-state index in [2.05, 4.69) is 0 Å². The second kappa shape index (κ2) is 3.76. The van der Waals surface area contributed by atoms with Gasteiger partial charge in [0.2, 0.25) is 0 Å². The van der Waals surface area contributed by atoms with Gasteiger partial charge in [0.15, 0.2) is 0 Å². The zero-order valence-electron chi connectivity index (χ0n) is 8.58. The predicted octanol–water partition coefficient (Wildman–Crippen LogP) is 3.17. The van der Waals surface area contributed by atoms with Crippen LogP contribution in [0.25, 0.3) is 10.8 Å². The highest BCUT2D eigenvalue weighted by atomic mass is 19.4. The van der Waals surface area contributed by atoms with Crippen molar-refractivity contribution in [2.75, 3.05) is 5.73 Å². The number of nitrogen functional groups attached to an aromatic ring is 1. The van der Waals surface area contributed by atoms with E-state index >= 15 is 0 Å². The van der Waals surface area contributed by atoms with Crippen molar-refractivity contribution in [2.45, 2.75) is 6.18 Å². The van der Waals surface area contributed by atoms with E-state index in [1.54, 1.807) is 24.3 Å². The second-order valence-corrected chi connectivity index (χ2v) is 3.57. The van der Waals surface area contributed by atoms with Gasteiger partial charge in [0.1, 0.15) is 0 Å². The number of carbonyl (C=O) groups is 1. The van der Waals surface area contributed by atoms with Crippen molar-refractivity contribution in [3.8, 4) is 0 Å². The van der Waals surface area contributed by atoms with Crippen LogP contribution in [0.3, 0.4) is 0 Å². The lowest BCUT2D eigenvalue weighted by Crippen LogP contribution is -2.23. The Morgan fingerprint density at radius 1 is 1.06 bits per heavy atom. The van der Waals surface area contributed by atoms with Gasteiger partial charge in [-0.15, -0.1) is 0 Å². The van der Waals surface area contributed by atoms with Crippen LogP contribution < -0.4 is 5.73 Å². The summed E-state index contributed by atoms with van der Waals surface area (Å²) in [5, 5.41) is 1.14. The van der Waals surface area contributed by atoms with Gasteiger partial charge in [-0.1, -0.05) is 30.3 Å². The fraction of sp³-hybridized carbons (Fsp3) is 0.0833. The van der Waals surface area contributed by atoms with E-state index in [4.69, 9.17) is 5.73 Å². The summed E-state index contributed by atoms with van der Waals surface area (Å²) in [6.07, 6.45) is -4.91. The van der Waals surface area contributed by atoms with Gasteiger partial charge in [-0.05, 0) is 11.5 Å². The molecule has 0 bridgehead atoms. The number of carbonyl (C=O) groups excluding carboxylic acids is 1. The summed E-state index contributed by atoms with van der Waals surface area (Å²) in [4.78, 5) is 11.1. The topological polar surface area (TPSA) is 43.1 Å². The lowest BCUT2D eigenvalue weighted by Gasteiger charge is -2.10. The van der Waals surface area contributed by atoms with E-state index in [1.165, 1.54) is 6.07 Å². The zero-order valence-corrected chi connectivity index (χ0v) is 8.58. The Morgan fingerprint density at radius 3 is 2.35 bits per heavy atom. The second-order valence-electron chi connectivity index (χ2n) is 3.57. The molecule has 0 atom stereocenters. The van der Waals surface area contributed by atoms with Crippen LogP contribution in [0.1, 0.15) is 10.4 Å². The molecule has 0 aliphatic heterocycles. The molecule has 0 heterocycles. The van der Waals surface area contributed by atoms with Crippen LogP contribution in [-0.2, 0) is 0 Å². The number of halogens is 3. The van der Waals surface area contributed by atoms with E-state index in [1.807, 2.05) is 0 Å². The SMILES string of the molecule is Nc1c(C(=O)C(F)(F)F)ccc2ccccc12. The summed E-state index contributed by atoms with van der Waals surface area (Å²) in [5.41, 5.74) is 4.96. The molecule has 2 N–H and O–H groups in total. The van der Waals surface area contributed by atoms with Gasteiger partial charge >= 0.3 is 6.18 Å². The van der Waals surface area contributed by atoms with E-state index in [-0.39, 0.29) is 5.69 Å². The molecule has 0 amide bonds. The van der Waals surface area contributed by atoms with Crippen LogP contribution in [0.15, 0.2) is 36.4 Å². The molecule has 2 aromatic carbocycles. The van der Waals surface area contributed by atoms with E-state index in [0.29, 0.717) is 10.8 Å². The summed E-state index contributed by atoms with van der Waals surface area (Å²) >= 11 is 0. The highest BCUT2D eigenvalue weighted by molar-refractivity contribution is 6.10. The van der Waals surface area contributed by atoms with Crippen molar-refractivity contribution in [1.82, 2.24) is 0 Å². The summed E-state index contributed by atoms with van der Waals surface area (Å²) in [5.74, 6) is -1.92. The number of nitrogens with two attached hydrogens (primary N) is 1. The number of hydrogen-bond acceptors (Lipinski definition) is 2. The smallest absolute Gasteiger partial charge is 0.398 e. The van der Waals surface area contributed by atoms with Gasteiger partial charge in [0.05, 0.1) is 11.3 Å². The number of fused-ring (bicyclic) bond motifs is 1. The molecule has 0 fully saturated rings. The van der Waals surface area contributed by atoms with Crippen molar-refractivity contribution >= 4 is 22.2 Å². The molecule has 0 aromatic heterocycles. The number of anilines is 1. The van der Waals surface area contributed by atoms with E-state index < -0.39 is 17.5 Å². The third-order valence-electron chi connectivity index (χ3n) is 2.47. The average Bonchev–Trinajstić information content (AvgIpc) is 2.28. The molecule has 5 heteroatoms. The molecule has 0 saturated carbocycles. The first-order valence-corrected chi connectivity index (χ1v) is 4.80. The van der Waals surface area contributed by atoms with E-state index in [9.17, 15) is 18.0 Å². The van der Waals surface area contributed by atoms with Gasteiger partial charge < -0.3 is 5.73 Å². The molecule has 0 spiro atoms. The number of rotatable bonds is 1. The number of benzene rings is 2. The van der Waals surface area contributed by atoms with Crippen molar-refractivity contribution in [2.24, 2.45) is 0 Å². The zero-order chi connectivity index (χ0) is 12.6. The quantitative estimate of drug-likeness (QED) is 0.613. The van der Waals surface area contributed by atoms with Crippen LogP contribution in [0.4, 0.5) is 18.9 Å². The lowest BCUT2D eigenvalue weighted by molar-refractivity contribution is -0.0884. The van der Waals surface area contributed by atoms with E-state index in [0.717, 1.165) is 6.07 Å². The Bertz CT molecular complexity index is 590. The summed E-state index contributed by atoms with van der Waals surface area (Å²) < 4.78 is 36.9. The average molecular weight is 239 g/mol. The van der Waals surface area contributed by atoms with Crippen LogP contribution in [0, 0.1) is 0 Å². The standard InChI is InChI=1S/C12H8F3NO/c13-12(14,15)11(17)9-6-5-7-3-1-2-4-8(7)10(9)16/h1-6H,16H2. The molecule has 2 aromatic rings. The summed E-state index contributed by atoms with van der Waals surface area (Å²) in [7, 11) is 0. The molecule has 0 saturated heterocycles. The minimum atomic E-state index is -4.91. The number of hydrogen-bond donors (Lipinski definition) is 1. The summed E-state index contributed by atoms with van der Waals surface area (Å²) in [6.45, 7) is 0.